The molecule has 0 aliphatic heterocycles. The first-order chi connectivity index (χ1) is 12.1. The van der Waals surface area contributed by atoms with Gasteiger partial charge in [0.05, 0.1) is 6.61 Å². The molecular formula is C21H28F2O2. The zero-order chi connectivity index (χ0) is 17.8. The molecule has 0 spiro atoms. The van der Waals surface area contributed by atoms with E-state index >= 15 is 0 Å². The fourth-order valence-electron chi connectivity index (χ4n) is 4.78. The number of hydrogen-bond donors (Lipinski definition) is 0. The Morgan fingerprint density at radius 2 is 1.56 bits per heavy atom. The van der Waals surface area contributed by atoms with Crippen molar-refractivity contribution in [3.8, 4) is 5.75 Å². The van der Waals surface area contributed by atoms with Gasteiger partial charge in [-0.05, 0) is 87.7 Å². The molecule has 138 valence electrons. The Morgan fingerprint density at radius 1 is 0.960 bits per heavy atom. The zero-order valence-corrected chi connectivity index (χ0v) is 15.0. The molecule has 0 saturated heterocycles. The Bertz CT molecular complexity index is 586. The summed E-state index contributed by atoms with van der Waals surface area (Å²) in [5.74, 6) is 0.165. The molecule has 0 amide bonds. The standard InChI is InChI=1S/C21H28F2O2/c1-2-25-19-12-11-18(20(22)21(19)23)17-9-7-16(8-10-17)15-5-3-14(13-24)4-6-15/h11-17H,2-10H2,1H3/t14-,15-,16-,17-. The molecule has 0 heterocycles. The minimum Gasteiger partial charge on any atom is -0.491 e. The van der Waals surface area contributed by atoms with E-state index in [4.69, 9.17) is 4.74 Å². The maximum atomic E-state index is 14.4. The SMILES string of the molecule is CCOc1ccc([C@H]2CC[C@H]([C@H]3CC[C@H](C=O)CC3)CC2)c(F)c1F. The number of rotatable bonds is 5. The largest absolute Gasteiger partial charge is 0.491 e. The molecule has 2 saturated carbocycles. The van der Waals surface area contributed by atoms with Crippen molar-refractivity contribution in [2.45, 2.75) is 64.2 Å². The molecular weight excluding hydrogens is 322 g/mol. The van der Waals surface area contributed by atoms with Crippen molar-refractivity contribution in [1.29, 1.82) is 0 Å². The average Bonchev–Trinajstić information content (AvgIpc) is 2.66. The smallest absolute Gasteiger partial charge is 0.200 e. The molecule has 0 atom stereocenters. The van der Waals surface area contributed by atoms with Crippen LogP contribution in [0.4, 0.5) is 8.78 Å². The van der Waals surface area contributed by atoms with Crippen molar-refractivity contribution in [3.05, 3.63) is 29.3 Å². The zero-order valence-electron chi connectivity index (χ0n) is 15.0. The number of hydrogen-bond acceptors (Lipinski definition) is 2. The van der Waals surface area contributed by atoms with Crippen molar-refractivity contribution < 1.29 is 18.3 Å². The number of benzene rings is 1. The van der Waals surface area contributed by atoms with Crippen molar-refractivity contribution in [1.82, 2.24) is 0 Å². The molecule has 2 fully saturated rings. The van der Waals surface area contributed by atoms with Crippen LogP contribution in [0.25, 0.3) is 0 Å². The molecule has 25 heavy (non-hydrogen) atoms. The van der Waals surface area contributed by atoms with Crippen LogP contribution in [0.15, 0.2) is 12.1 Å². The van der Waals surface area contributed by atoms with Crippen LogP contribution in [0.2, 0.25) is 0 Å². The molecule has 2 aliphatic carbocycles. The Morgan fingerprint density at radius 3 is 2.12 bits per heavy atom. The van der Waals surface area contributed by atoms with E-state index in [9.17, 15) is 13.6 Å². The van der Waals surface area contributed by atoms with Gasteiger partial charge in [0, 0.05) is 5.92 Å². The molecule has 2 aliphatic rings. The van der Waals surface area contributed by atoms with Crippen LogP contribution < -0.4 is 4.74 Å². The molecule has 0 N–H and O–H groups in total. The summed E-state index contributed by atoms with van der Waals surface area (Å²) in [5, 5.41) is 0. The first kappa shape index (κ1) is 18.3. The lowest BCUT2D eigenvalue weighted by Gasteiger charge is -2.37. The monoisotopic (exact) mass is 350 g/mol. The van der Waals surface area contributed by atoms with E-state index in [1.807, 2.05) is 0 Å². The summed E-state index contributed by atoms with van der Waals surface area (Å²) in [5.41, 5.74) is 0.504. The van der Waals surface area contributed by atoms with Gasteiger partial charge in [-0.25, -0.2) is 4.39 Å². The second-order valence-corrected chi connectivity index (χ2v) is 7.64. The summed E-state index contributed by atoms with van der Waals surface area (Å²) in [6.07, 6.45) is 9.43. The van der Waals surface area contributed by atoms with Gasteiger partial charge >= 0.3 is 0 Å². The second kappa shape index (κ2) is 8.29. The molecule has 4 heteroatoms. The fourth-order valence-corrected chi connectivity index (χ4v) is 4.78. The molecule has 1 aromatic carbocycles. The predicted molar refractivity (Wildman–Crippen MR) is 93.7 cm³/mol. The van der Waals surface area contributed by atoms with Crippen LogP contribution in [-0.2, 0) is 4.79 Å². The van der Waals surface area contributed by atoms with Crippen molar-refractivity contribution in [2.24, 2.45) is 17.8 Å². The highest BCUT2D eigenvalue weighted by Gasteiger charge is 2.32. The highest BCUT2D eigenvalue weighted by atomic mass is 19.2. The van der Waals surface area contributed by atoms with Gasteiger partial charge < -0.3 is 9.53 Å². The quantitative estimate of drug-likeness (QED) is 0.642. The van der Waals surface area contributed by atoms with Gasteiger partial charge in [-0.3, -0.25) is 0 Å². The number of carbonyl (C=O) groups excluding carboxylic acids is 1. The van der Waals surface area contributed by atoms with E-state index in [-0.39, 0.29) is 17.6 Å². The predicted octanol–water partition coefficient (Wildman–Crippen LogP) is 5.64. The summed E-state index contributed by atoms with van der Waals surface area (Å²) in [6, 6.07) is 3.26. The van der Waals surface area contributed by atoms with E-state index in [2.05, 4.69) is 0 Å². The Balaban J connectivity index is 1.59. The lowest BCUT2D eigenvalue weighted by atomic mass is 9.68. The maximum Gasteiger partial charge on any atom is 0.200 e. The minimum absolute atomic E-state index is 0.00405. The second-order valence-electron chi connectivity index (χ2n) is 7.64. The van der Waals surface area contributed by atoms with Crippen molar-refractivity contribution in [2.75, 3.05) is 6.61 Å². The average molecular weight is 350 g/mol. The van der Waals surface area contributed by atoms with E-state index < -0.39 is 11.6 Å². The van der Waals surface area contributed by atoms with Gasteiger partial charge in [0.1, 0.15) is 6.29 Å². The van der Waals surface area contributed by atoms with Gasteiger partial charge in [0.25, 0.3) is 0 Å². The highest BCUT2D eigenvalue weighted by Crippen LogP contribution is 2.44. The van der Waals surface area contributed by atoms with Gasteiger partial charge in [0.2, 0.25) is 5.82 Å². The van der Waals surface area contributed by atoms with Crippen LogP contribution in [-0.4, -0.2) is 12.9 Å². The molecule has 3 rings (SSSR count). The lowest BCUT2D eigenvalue weighted by molar-refractivity contribution is -0.112. The number of ether oxygens (including phenoxy) is 1. The van der Waals surface area contributed by atoms with Crippen LogP contribution in [0.5, 0.6) is 5.75 Å². The number of aldehydes is 1. The third-order valence-corrected chi connectivity index (χ3v) is 6.26. The highest BCUT2D eigenvalue weighted by molar-refractivity contribution is 5.53. The molecule has 0 aromatic heterocycles. The number of carbonyl (C=O) groups is 1. The molecule has 1 aromatic rings. The Hall–Kier alpha value is -1.45. The van der Waals surface area contributed by atoms with Crippen LogP contribution in [0, 0.1) is 29.4 Å². The molecule has 0 radical (unpaired) electrons. The summed E-state index contributed by atoms with van der Waals surface area (Å²) >= 11 is 0. The normalized spacial score (nSPS) is 30.0. The third kappa shape index (κ3) is 4.04. The molecule has 0 unspecified atom stereocenters. The lowest BCUT2D eigenvalue weighted by Crippen LogP contribution is -2.26. The molecule has 0 bridgehead atoms. The van der Waals surface area contributed by atoms with Crippen LogP contribution in [0.1, 0.15) is 69.8 Å². The Labute approximate surface area is 149 Å². The number of halogens is 2. The topological polar surface area (TPSA) is 26.3 Å². The maximum absolute atomic E-state index is 14.4. The van der Waals surface area contributed by atoms with Gasteiger partial charge in [0.15, 0.2) is 11.6 Å². The van der Waals surface area contributed by atoms with Gasteiger partial charge in [-0.2, -0.15) is 4.39 Å². The van der Waals surface area contributed by atoms with Crippen molar-refractivity contribution in [3.63, 3.8) is 0 Å². The summed E-state index contributed by atoms with van der Waals surface area (Å²) in [4.78, 5) is 10.9. The summed E-state index contributed by atoms with van der Waals surface area (Å²) in [7, 11) is 0. The van der Waals surface area contributed by atoms with E-state index in [1.165, 1.54) is 0 Å². The molecule has 2 nitrogen and oxygen atoms in total. The van der Waals surface area contributed by atoms with Crippen LogP contribution in [0.3, 0.4) is 0 Å². The van der Waals surface area contributed by atoms with Crippen LogP contribution >= 0.6 is 0 Å². The fraction of sp³-hybridized carbons (Fsp3) is 0.667. The third-order valence-electron chi connectivity index (χ3n) is 6.26. The summed E-state index contributed by atoms with van der Waals surface area (Å²) in [6.45, 7) is 2.09. The minimum atomic E-state index is -0.853. The van der Waals surface area contributed by atoms with Crippen molar-refractivity contribution >= 4 is 6.29 Å². The Kier molecular flexibility index (Phi) is 6.08. The van der Waals surface area contributed by atoms with E-state index in [0.717, 1.165) is 57.7 Å². The van der Waals surface area contributed by atoms with E-state index in [1.54, 1.807) is 19.1 Å². The van der Waals surface area contributed by atoms with Gasteiger partial charge in [-0.1, -0.05) is 6.07 Å². The summed E-state index contributed by atoms with van der Waals surface area (Å²) < 4.78 is 33.7. The first-order valence-corrected chi connectivity index (χ1v) is 9.70. The van der Waals surface area contributed by atoms with Gasteiger partial charge in [-0.15, -0.1) is 0 Å². The first-order valence-electron chi connectivity index (χ1n) is 9.70. The van der Waals surface area contributed by atoms with E-state index in [0.29, 0.717) is 24.0 Å².